The topological polar surface area (TPSA) is 73.0 Å². The maximum Gasteiger partial charge on any atom is 0.243 e. The number of rotatable bonds is 9. The number of hydrogen-bond donors (Lipinski definition) is 1. The molecule has 0 unspecified atom stereocenters. The van der Waals surface area contributed by atoms with Crippen molar-refractivity contribution in [3.63, 3.8) is 0 Å². The van der Waals surface area contributed by atoms with Gasteiger partial charge in [-0.1, -0.05) is 49.6 Å². The second kappa shape index (κ2) is 12.1. The maximum absolute atomic E-state index is 12.9. The number of hydrogen-bond acceptors (Lipinski definition) is 5. The van der Waals surface area contributed by atoms with E-state index in [-0.39, 0.29) is 10.8 Å². The Morgan fingerprint density at radius 3 is 2.20 bits per heavy atom. The van der Waals surface area contributed by atoms with Crippen LogP contribution in [0.2, 0.25) is 0 Å². The Hall–Kier alpha value is -2.26. The zero-order chi connectivity index (χ0) is 24.7. The van der Waals surface area contributed by atoms with Crippen molar-refractivity contribution in [3.05, 3.63) is 60.2 Å². The van der Waals surface area contributed by atoms with Gasteiger partial charge in [0, 0.05) is 52.0 Å². The van der Waals surface area contributed by atoms with E-state index in [1.165, 1.54) is 43.0 Å². The van der Waals surface area contributed by atoms with E-state index < -0.39 is 10.0 Å². The third-order valence-electron chi connectivity index (χ3n) is 7.17. The molecule has 0 radical (unpaired) electrons. The Bertz CT molecular complexity index is 1050. The van der Waals surface area contributed by atoms with Crippen LogP contribution in [-0.4, -0.2) is 74.7 Å². The van der Waals surface area contributed by atoms with Gasteiger partial charge in [0.1, 0.15) is 0 Å². The Balaban J connectivity index is 1.23. The smallest absolute Gasteiger partial charge is 0.243 e. The van der Waals surface area contributed by atoms with Crippen LogP contribution in [0.3, 0.4) is 0 Å². The van der Waals surface area contributed by atoms with Crippen LogP contribution in [0.4, 0.5) is 5.69 Å². The van der Waals surface area contributed by atoms with Crippen LogP contribution in [0.5, 0.6) is 0 Å². The zero-order valence-electron chi connectivity index (χ0n) is 20.7. The molecule has 1 aliphatic heterocycles. The van der Waals surface area contributed by atoms with E-state index in [1.54, 1.807) is 31.3 Å². The summed E-state index contributed by atoms with van der Waals surface area (Å²) in [5, 5.41) is 2.91. The molecule has 2 aliphatic rings. The molecule has 0 aromatic heterocycles. The van der Waals surface area contributed by atoms with Gasteiger partial charge in [-0.2, -0.15) is 4.31 Å². The first-order valence-corrected chi connectivity index (χ1v) is 14.2. The molecule has 2 fully saturated rings. The predicted octanol–water partition coefficient (Wildman–Crippen LogP) is 3.64. The molecule has 1 heterocycles. The van der Waals surface area contributed by atoms with Gasteiger partial charge in [-0.15, -0.1) is 0 Å². The Kier molecular flexibility index (Phi) is 8.94. The van der Waals surface area contributed by atoms with Gasteiger partial charge in [-0.3, -0.25) is 9.69 Å². The molecule has 2 aromatic rings. The first kappa shape index (κ1) is 25.8. The van der Waals surface area contributed by atoms with Gasteiger partial charge in [0.2, 0.25) is 15.9 Å². The van der Waals surface area contributed by atoms with E-state index >= 15 is 0 Å². The zero-order valence-corrected chi connectivity index (χ0v) is 21.5. The van der Waals surface area contributed by atoms with Crippen LogP contribution < -0.4 is 5.32 Å². The molecule has 8 heteroatoms. The van der Waals surface area contributed by atoms with Crippen molar-refractivity contribution in [1.29, 1.82) is 0 Å². The number of carbonyl (C=O) groups excluding carboxylic acids is 1. The Morgan fingerprint density at radius 2 is 1.54 bits per heavy atom. The van der Waals surface area contributed by atoms with Crippen LogP contribution in [0.15, 0.2) is 59.5 Å². The van der Waals surface area contributed by atoms with Gasteiger partial charge in [0.15, 0.2) is 0 Å². The van der Waals surface area contributed by atoms with Crippen molar-refractivity contribution >= 4 is 21.6 Å². The molecule has 0 bridgehead atoms. The van der Waals surface area contributed by atoms with Gasteiger partial charge in [0.25, 0.3) is 0 Å². The standard InChI is InChI=1S/C27H38N4O3S/c1-29(20-23-8-4-2-5-9-23)35(33,34)26-14-12-25(13-15-26)28-27(32)22-31-18-16-30(17-19-31)21-24-10-6-3-7-11-24/h2,4-5,8-9,12-15,24H,3,6-7,10-11,16-22H2,1H3,(H,28,32). The number of sulfonamides is 1. The summed E-state index contributed by atoms with van der Waals surface area (Å²) >= 11 is 0. The van der Waals surface area contributed by atoms with Gasteiger partial charge in [0.05, 0.1) is 11.4 Å². The number of amides is 1. The predicted molar refractivity (Wildman–Crippen MR) is 140 cm³/mol. The summed E-state index contributed by atoms with van der Waals surface area (Å²) in [5.74, 6) is 0.783. The van der Waals surface area contributed by atoms with Gasteiger partial charge < -0.3 is 10.2 Å². The highest BCUT2D eigenvalue weighted by molar-refractivity contribution is 7.89. The number of nitrogens with one attached hydrogen (secondary N) is 1. The van der Waals surface area contributed by atoms with E-state index in [2.05, 4.69) is 15.1 Å². The van der Waals surface area contributed by atoms with Crippen LogP contribution >= 0.6 is 0 Å². The first-order chi connectivity index (χ1) is 16.9. The fourth-order valence-corrected chi connectivity index (χ4v) is 6.24. The fourth-order valence-electron chi connectivity index (χ4n) is 5.08. The lowest BCUT2D eigenvalue weighted by atomic mass is 9.89. The molecule has 0 spiro atoms. The average molecular weight is 499 g/mol. The molecular formula is C27H38N4O3S. The number of nitrogens with zero attached hydrogens (tertiary/aromatic N) is 3. The van der Waals surface area contributed by atoms with E-state index in [9.17, 15) is 13.2 Å². The minimum Gasteiger partial charge on any atom is -0.325 e. The number of anilines is 1. The molecule has 35 heavy (non-hydrogen) atoms. The van der Waals surface area contributed by atoms with Crippen LogP contribution in [0.25, 0.3) is 0 Å². The minimum atomic E-state index is -3.61. The molecule has 0 atom stereocenters. The minimum absolute atomic E-state index is 0.0671. The van der Waals surface area contributed by atoms with Crippen molar-refractivity contribution in [2.24, 2.45) is 5.92 Å². The summed E-state index contributed by atoms with van der Waals surface area (Å²) in [5.41, 5.74) is 1.54. The van der Waals surface area contributed by atoms with Crippen LogP contribution in [0, 0.1) is 5.92 Å². The molecular weight excluding hydrogens is 460 g/mol. The summed E-state index contributed by atoms with van der Waals surface area (Å²) < 4.78 is 27.2. The van der Waals surface area contributed by atoms with Crippen LogP contribution in [0.1, 0.15) is 37.7 Å². The highest BCUT2D eigenvalue weighted by Gasteiger charge is 2.23. The maximum atomic E-state index is 12.9. The van der Waals surface area contributed by atoms with E-state index in [1.807, 2.05) is 30.3 Å². The third-order valence-corrected chi connectivity index (χ3v) is 8.99. The van der Waals surface area contributed by atoms with Gasteiger partial charge in [-0.05, 0) is 48.6 Å². The Labute approximate surface area is 210 Å². The van der Waals surface area contributed by atoms with E-state index in [0.717, 1.165) is 37.7 Å². The quantitative estimate of drug-likeness (QED) is 0.572. The van der Waals surface area contributed by atoms with E-state index in [4.69, 9.17) is 0 Å². The van der Waals surface area contributed by atoms with Crippen molar-refractivity contribution < 1.29 is 13.2 Å². The largest absolute Gasteiger partial charge is 0.325 e. The number of benzene rings is 2. The lowest BCUT2D eigenvalue weighted by molar-refractivity contribution is -0.117. The van der Waals surface area contributed by atoms with E-state index in [0.29, 0.717) is 18.8 Å². The molecule has 1 saturated carbocycles. The molecule has 190 valence electrons. The molecule has 1 N–H and O–H groups in total. The summed E-state index contributed by atoms with van der Waals surface area (Å²) in [6, 6.07) is 15.9. The molecule has 2 aromatic carbocycles. The van der Waals surface area contributed by atoms with Crippen molar-refractivity contribution in [2.45, 2.75) is 43.5 Å². The van der Waals surface area contributed by atoms with Crippen molar-refractivity contribution in [1.82, 2.24) is 14.1 Å². The normalized spacial score (nSPS) is 18.6. The molecule has 4 rings (SSSR count). The second-order valence-electron chi connectivity index (χ2n) is 9.90. The Morgan fingerprint density at radius 1 is 0.914 bits per heavy atom. The lowest BCUT2D eigenvalue weighted by Crippen LogP contribution is -2.49. The number of carbonyl (C=O) groups is 1. The molecule has 1 aliphatic carbocycles. The monoisotopic (exact) mass is 498 g/mol. The first-order valence-electron chi connectivity index (χ1n) is 12.7. The average Bonchev–Trinajstić information content (AvgIpc) is 2.87. The summed E-state index contributed by atoms with van der Waals surface area (Å²) in [7, 11) is -2.04. The fraction of sp³-hybridized carbons (Fsp3) is 0.519. The molecule has 7 nitrogen and oxygen atoms in total. The SMILES string of the molecule is CN(Cc1ccccc1)S(=O)(=O)c1ccc(NC(=O)CN2CCN(CC3CCCCC3)CC2)cc1. The summed E-state index contributed by atoms with van der Waals surface area (Å²) in [4.78, 5) is 17.5. The highest BCUT2D eigenvalue weighted by Crippen LogP contribution is 2.25. The highest BCUT2D eigenvalue weighted by atomic mass is 32.2. The summed E-state index contributed by atoms with van der Waals surface area (Å²) in [6.45, 7) is 5.72. The number of piperazine rings is 1. The second-order valence-corrected chi connectivity index (χ2v) is 11.9. The van der Waals surface area contributed by atoms with Crippen molar-refractivity contribution in [3.8, 4) is 0 Å². The van der Waals surface area contributed by atoms with Crippen LogP contribution in [-0.2, 0) is 21.4 Å². The van der Waals surface area contributed by atoms with Gasteiger partial charge in [-0.25, -0.2) is 8.42 Å². The lowest BCUT2D eigenvalue weighted by Gasteiger charge is -2.37. The third kappa shape index (κ3) is 7.36. The molecule has 1 saturated heterocycles. The van der Waals surface area contributed by atoms with Crippen molar-refractivity contribution in [2.75, 3.05) is 51.6 Å². The molecule has 1 amide bonds. The summed E-state index contributed by atoms with van der Waals surface area (Å²) in [6.07, 6.45) is 6.88. The van der Waals surface area contributed by atoms with Gasteiger partial charge >= 0.3 is 0 Å².